The maximum absolute atomic E-state index is 10.9. The summed E-state index contributed by atoms with van der Waals surface area (Å²) in [6, 6.07) is -2.43. The van der Waals surface area contributed by atoms with E-state index in [0.29, 0.717) is 5.75 Å². The van der Waals surface area contributed by atoms with Gasteiger partial charge in [0.05, 0.1) is 20.3 Å². The summed E-state index contributed by atoms with van der Waals surface area (Å²) >= 11 is 11.4. The second-order valence-electron chi connectivity index (χ2n) is 6.18. The van der Waals surface area contributed by atoms with E-state index in [-0.39, 0.29) is 28.9 Å². The van der Waals surface area contributed by atoms with Gasteiger partial charge in [-0.15, -0.1) is 0 Å². The van der Waals surface area contributed by atoms with Gasteiger partial charge in [0.2, 0.25) is 11.8 Å². The van der Waals surface area contributed by atoms with Crippen LogP contribution in [0, 0.1) is 0 Å². The number of hydrogen-bond donors (Lipinski definition) is 7. The predicted octanol–water partition coefficient (Wildman–Crippen LogP) is -0.846. The van der Waals surface area contributed by atoms with Crippen LogP contribution in [0.25, 0.3) is 0 Å². The molecule has 0 bridgehead atoms. The van der Waals surface area contributed by atoms with E-state index in [9.17, 15) is 24.0 Å². The quantitative estimate of drug-likeness (QED) is 0.138. The number of carbonyl (C=O) groups excluding carboxylic acids is 5. The van der Waals surface area contributed by atoms with Crippen molar-refractivity contribution in [1.29, 1.82) is 0 Å². The molecule has 36 heavy (non-hydrogen) atoms. The van der Waals surface area contributed by atoms with Crippen LogP contribution in [0.4, 0.5) is 0 Å². The molecule has 0 aliphatic carbocycles. The number of thiol groups is 3. The van der Waals surface area contributed by atoms with E-state index in [1.165, 1.54) is 26.9 Å². The number of amides is 2. The monoisotopic (exact) mass is 586 g/mol. The number of rotatable bonds is 8. The lowest BCUT2D eigenvalue weighted by Gasteiger charge is -2.11. The summed E-state index contributed by atoms with van der Waals surface area (Å²) in [7, 11) is 2.44. The van der Waals surface area contributed by atoms with Gasteiger partial charge in [-0.3, -0.25) is 19.2 Å². The molecule has 13 nitrogen and oxygen atoms in total. The number of methoxy groups -OCH3 is 2. The smallest absolute Gasteiger partial charge is 0.329 e. The Morgan fingerprint density at radius 3 is 1.53 bits per heavy atom. The minimum absolute atomic E-state index is 0. The van der Waals surface area contributed by atoms with Gasteiger partial charge in [-0.1, -0.05) is 0 Å². The largest absolute Gasteiger partial charge is 0.468 e. The molecule has 0 aromatic rings. The van der Waals surface area contributed by atoms with Crippen molar-refractivity contribution in [2.45, 2.75) is 51.6 Å². The first-order valence-corrected chi connectivity index (χ1v) is 11.7. The Hall–Kier alpha value is -1.56. The van der Waals surface area contributed by atoms with Crippen LogP contribution in [0.2, 0.25) is 0 Å². The Labute approximate surface area is 238 Å². The normalized spacial score (nSPS) is 16.4. The van der Waals surface area contributed by atoms with E-state index in [0.717, 1.165) is 20.3 Å². The molecule has 1 aliphatic rings. The minimum Gasteiger partial charge on any atom is -0.468 e. The van der Waals surface area contributed by atoms with E-state index in [1.54, 1.807) is 0 Å². The van der Waals surface area contributed by atoms with Crippen LogP contribution >= 0.6 is 37.9 Å². The van der Waals surface area contributed by atoms with E-state index < -0.39 is 55.6 Å². The zero-order chi connectivity index (χ0) is 32.1. The fourth-order valence-corrected chi connectivity index (χ4v) is 2.39. The summed E-state index contributed by atoms with van der Waals surface area (Å²) in [4.78, 5) is 53.9. The molecular weight excluding hydrogens is 536 g/mol. The average Bonchev–Trinajstić information content (AvgIpc) is 3.48. The number of nitrogens with two attached hydrogens (primary N) is 1. The van der Waals surface area contributed by atoms with Crippen molar-refractivity contribution in [1.82, 2.24) is 16.8 Å². The average molecular weight is 587 g/mol. The van der Waals surface area contributed by atoms with Crippen LogP contribution in [-0.4, -0.2) is 97.8 Å². The van der Waals surface area contributed by atoms with Crippen LogP contribution in [0.5, 0.6) is 0 Å². The number of esters is 2. The lowest BCUT2D eigenvalue weighted by Crippen LogP contribution is -2.41. The summed E-state index contributed by atoms with van der Waals surface area (Å²) in [5, 5.41) is 4.08. The zero-order valence-corrected chi connectivity index (χ0v) is 23.3. The molecule has 9 N–H and O–H groups in total. The third-order valence-electron chi connectivity index (χ3n) is 3.48. The summed E-state index contributed by atoms with van der Waals surface area (Å²) in [6.45, 7) is -2.22. The number of nitrogens with one attached hydrogen (secondary N) is 2. The maximum atomic E-state index is 10.9. The van der Waals surface area contributed by atoms with Crippen molar-refractivity contribution < 1.29 is 51.9 Å². The topological polar surface area (TPSA) is 230 Å². The van der Waals surface area contributed by atoms with E-state index in [4.69, 9.17) is 18.7 Å². The highest BCUT2D eigenvalue weighted by atomic mass is 32.1. The van der Waals surface area contributed by atoms with Gasteiger partial charge in [-0.05, 0) is 19.8 Å². The molecule has 2 amide bonds. The van der Waals surface area contributed by atoms with E-state index in [1.807, 2.05) is 5.32 Å². The molecule has 3 atom stereocenters. The highest BCUT2D eigenvalue weighted by Gasteiger charge is 2.17. The van der Waals surface area contributed by atoms with Crippen LogP contribution in [0.3, 0.4) is 0 Å². The maximum Gasteiger partial charge on any atom is 0.329 e. The number of Topliss-reactive ketones (excluding diaryl/α,β-unsaturated/α-hetero) is 1. The summed E-state index contributed by atoms with van der Waals surface area (Å²) in [6.07, 6.45) is 2.56. The highest BCUT2D eigenvalue weighted by Crippen LogP contribution is 1.98. The molecule has 0 spiro atoms. The van der Waals surface area contributed by atoms with E-state index in [2.05, 4.69) is 52.7 Å². The summed E-state index contributed by atoms with van der Waals surface area (Å²) in [5.41, 5.74) is 5.18. The van der Waals surface area contributed by atoms with Crippen molar-refractivity contribution in [3.63, 3.8) is 0 Å². The van der Waals surface area contributed by atoms with Crippen LogP contribution in [0.15, 0.2) is 0 Å². The fraction of sp³-hybridized carbons (Fsp3) is 0.750. The SMILES string of the molecule is C1CCOC1.COC(=O)[C@@H](N)CS.N.O.[2H]C([2H])([2H])C(=O)N[C@@H](CS)C(=O)OC.[2H]C([2H])([2H])C(=O)N[C@@H](CS)C(C)=O. The molecule has 1 saturated heterocycles. The molecule has 1 aliphatic heterocycles. The third kappa shape index (κ3) is 28.7. The van der Waals surface area contributed by atoms with Gasteiger partial charge in [-0.2, -0.15) is 37.9 Å². The molecule has 1 fully saturated rings. The molecule has 1 heterocycles. The standard InChI is InChI=1S/C6H11NO3S.C6H11NO2S.C4H9NO2S.C4H8O.H3N.H2O/c1-4(8)7-5(3-11)6(9)10-2;1-4(8)6(3-10)7-5(2)9;1-7-4(6)3(5)2-8;1-2-4-5-3-1;;/h5,11H,3H2,1-2H3,(H,7,8);6,10H,3H2,1-2H3,(H,7,9);3,8H,2,5H2,1H3;1-4H2;1H3;1H2/t5-;6-;3-;;;/m000.../s1/i1D3;2D3;;;;. The Bertz CT molecular complexity index is 786. The Balaban J connectivity index is -0.000000150. The lowest BCUT2D eigenvalue weighted by molar-refractivity contribution is -0.144. The van der Waals surface area contributed by atoms with Crippen LogP contribution in [0.1, 0.15) is 41.7 Å². The minimum atomic E-state index is -2.77. The van der Waals surface area contributed by atoms with Gasteiger partial charge in [0.1, 0.15) is 12.1 Å². The molecule has 0 unspecified atom stereocenters. The van der Waals surface area contributed by atoms with Crippen molar-refractivity contribution in [2.75, 3.05) is 44.7 Å². The van der Waals surface area contributed by atoms with Crippen LogP contribution in [-0.2, 0) is 38.2 Å². The van der Waals surface area contributed by atoms with Crippen molar-refractivity contribution in [3.8, 4) is 0 Å². The first-order valence-electron chi connectivity index (χ1n) is 12.8. The summed E-state index contributed by atoms with van der Waals surface area (Å²) < 4.78 is 54.0. The van der Waals surface area contributed by atoms with Gasteiger partial charge in [0.15, 0.2) is 5.78 Å². The molecule has 0 aromatic heterocycles. The Morgan fingerprint density at radius 2 is 1.31 bits per heavy atom. The van der Waals surface area contributed by atoms with Crippen molar-refractivity contribution in [3.05, 3.63) is 0 Å². The molecule has 0 radical (unpaired) electrons. The molecule has 0 aromatic carbocycles. The molecule has 16 heteroatoms. The predicted molar refractivity (Wildman–Crippen MR) is 148 cm³/mol. The number of ether oxygens (including phenoxy) is 3. The van der Waals surface area contributed by atoms with E-state index >= 15 is 0 Å². The number of ketones is 1. The second kappa shape index (κ2) is 29.7. The molecular formula is C20H44N4O9S3. The zero-order valence-electron chi connectivity index (χ0n) is 26.6. The van der Waals surface area contributed by atoms with Gasteiger partial charge in [0.25, 0.3) is 0 Å². The Morgan fingerprint density at radius 1 is 0.889 bits per heavy atom. The highest BCUT2D eigenvalue weighted by molar-refractivity contribution is 7.80. The van der Waals surface area contributed by atoms with Gasteiger partial charge < -0.3 is 42.2 Å². The first kappa shape index (κ1) is 30.7. The van der Waals surface area contributed by atoms with Gasteiger partial charge in [-0.25, -0.2) is 4.79 Å². The fourth-order valence-electron chi connectivity index (χ4n) is 1.65. The van der Waals surface area contributed by atoms with Crippen molar-refractivity contribution in [2.24, 2.45) is 5.73 Å². The number of carbonyl (C=O) groups is 5. The molecule has 1 rings (SSSR count). The summed E-state index contributed by atoms with van der Waals surface area (Å²) in [5.74, 6) is -3.37. The van der Waals surface area contributed by atoms with Gasteiger partial charge >= 0.3 is 11.9 Å². The van der Waals surface area contributed by atoms with Crippen LogP contribution < -0.4 is 22.5 Å². The second-order valence-corrected chi connectivity index (χ2v) is 7.28. The lowest BCUT2D eigenvalue weighted by atomic mass is 10.2. The molecule has 0 saturated carbocycles. The first-order chi connectivity index (χ1) is 18.3. The number of hydrogen-bond acceptors (Lipinski definition) is 13. The third-order valence-corrected chi connectivity index (χ3v) is 4.60. The Kier molecular flexibility index (Phi) is 25.3. The molecule has 216 valence electrons. The van der Waals surface area contributed by atoms with Crippen molar-refractivity contribution >= 4 is 67.4 Å². The van der Waals surface area contributed by atoms with Gasteiger partial charge in [0, 0.05) is 52.4 Å².